The maximum atomic E-state index is 11.7. The molecule has 0 bridgehead atoms. The van der Waals surface area contributed by atoms with E-state index in [0.29, 0.717) is 18.7 Å². The van der Waals surface area contributed by atoms with E-state index in [0.717, 1.165) is 22.5 Å². The van der Waals surface area contributed by atoms with Crippen molar-refractivity contribution >= 4 is 15.7 Å². The lowest BCUT2D eigenvalue weighted by atomic mass is 10.1. The molecule has 3 rings (SSSR count). The van der Waals surface area contributed by atoms with Crippen LogP contribution in [0.5, 0.6) is 0 Å². The van der Waals surface area contributed by atoms with Crippen molar-refractivity contribution in [3.63, 3.8) is 0 Å². The first-order valence-electron chi connectivity index (χ1n) is 6.58. The Kier molecular flexibility index (Phi) is 3.03. The van der Waals surface area contributed by atoms with Crippen molar-refractivity contribution in [3.8, 4) is 17.3 Å². The summed E-state index contributed by atoms with van der Waals surface area (Å²) >= 11 is 0. The molecular formula is C15H15N3O2S. The van der Waals surface area contributed by atoms with Crippen LogP contribution in [-0.2, 0) is 23.5 Å². The van der Waals surface area contributed by atoms with Crippen LogP contribution >= 0.6 is 0 Å². The minimum absolute atomic E-state index is 0.494. The van der Waals surface area contributed by atoms with Crippen LogP contribution in [0.2, 0.25) is 0 Å². The third-order valence-electron chi connectivity index (χ3n) is 3.86. The largest absolute Gasteiger partial charge is 0.335 e. The van der Waals surface area contributed by atoms with E-state index >= 15 is 0 Å². The van der Waals surface area contributed by atoms with Crippen molar-refractivity contribution in [2.24, 2.45) is 7.05 Å². The van der Waals surface area contributed by atoms with Crippen LogP contribution in [0.4, 0.5) is 5.69 Å². The molecule has 0 spiro atoms. The summed E-state index contributed by atoms with van der Waals surface area (Å²) in [6, 6.07) is 11.6. The molecule has 0 unspecified atom stereocenters. The fourth-order valence-electron chi connectivity index (χ4n) is 2.79. The predicted octanol–water partition coefficient (Wildman–Crippen LogP) is 1.89. The lowest BCUT2D eigenvalue weighted by molar-refractivity contribution is 0.598. The van der Waals surface area contributed by atoms with Gasteiger partial charge >= 0.3 is 0 Å². The molecule has 6 heteroatoms. The van der Waals surface area contributed by atoms with Gasteiger partial charge in [-0.3, -0.25) is 4.31 Å². The van der Waals surface area contributed by atoms with Gasteiger partial charge in [-0.15, -0.1) is 0 Å². The second-order valence-electron chi connectivity index (χ2n) is 5.20. The molecule has 0 aliphatic carbocycles. The Hall–Kier alpha value is -2.26. The molecule has 0 saturated carbocycles. The summed E-state index contributed by atoms with van der Waals surface area (Å²) in [6.45, 7) is 0.494. The standard InChI is InChI=1S/C15H15N3O2S/c1-17-13(10-16)4-6-14(17)11-3-5-15-12(9-11)7-8-18(15)21(2,19)20/h3-6,9H,7-8H2,1-2H3. The van der Waals surface area contributed by atoms with E-state index in [9.17, 15) is 8.42 Å². The van der Waals surface area contributed by atoms with E-state index in [-0.39, 0.29) is 0 Å². The number of fused-ring (bicyclic) bond motifs is 1. The number of anilines is 1. The summed E-state index contributed by atoms with van der Waals surface area (Å²) in [5, 5.41) is 9.01. The highest BCUT2D eigenvalue weighted by atomic mass is 32.2. The highest BCUT2D eigenvalue weighted by Crippen LogP contribution is 2.33. The fourth-order valence-corrected chi connectivity index (χ4v) is 3.75. The van der Waals surface area contributed by atoms with Gasteiger partial charge in [0, 0.05) is 19.3 Å². The summed E-state index contributed by atoms with van der Waals surface area (Å²) < 4.78 is 26.7. The van der Waals surface area contributed by atoms with Gasteiger partial charge in [-0.05, 0) is 41.8 Å². The first-order chi connectivity index (χ1) is 9.91. The Morgan fingerprint density at radius 1 is 1.24 bits per heavy atom. The zero-order valence-corrected chi connectivity index (χ0v) is 12.7. The summed E-state index contributed by atoms with van der Waals surface area (Å²) in [6.07, 6.45) is 1.94. The van der Waals surface area contributed by atoms with Crippen LogP contribution in [-0.4, -0.2) is 25.8 Å². The Morgan fingerprint density at radius 3 is 2.62 bits per heavy atom. The Labute approximate surface area is 124 Å². The molecule has 1 aliphatic rings. The van der Waals surface area contributed by atoms with Crippen LogP contribution in [0.1, 0.15) is 11.3 Å². The molecule has 0 radical (unpaired) electrons. The van der Waals surface area contributed by atoms with Crippen LogP contribution in [0.15, 0.2) is 30.3 Å². The van der Waals surface area contributed by atoms with Crippen molar-refractivity contribution in [2.75, 3.05) is 17.1 Å². The molecule has 1 aliphatic heterocycles. The zero-order chi connectivity index (χ0) is 15.2. The summed E-state index contributed by atoms with van der Waals surface area (Å²) in [4.78, 5) is 0. The minimum Gasteiger partial charge on any atom is -0.335 e. The normalized spacial score (nSPS) is 14.0. The number of aromatic nitrogens is 1. The van der Waals surface area contributed by atoms with Crippen LogP contribution < -0.4 is 4.31 Å². The van der Waals surface area contributed by atoms with Crippen molar-refractivity contribution in [1.82, 2.24) is 4.57 Å². The second kappa shape index (κ2) is 4.64. The van der Waals surface area contributed by atoms with Crippen molar-refractivity contribution in [1.29, 1.82) is 5.26 Å². The summed E-state index contributed by atoms with van der Waals surface area (Å²) in [5.41, 5.74) is 4.33. The Balaban J connectivity index is 2.06. The zero-order valence-electron chi connectivity index (χ0n) is 11.9. The molecule has 2 aromatic rings. The number of rotatable bonds is 2. The summed E-state index contributed by atoms with van der Waals surface area (Å²) in [5.74, 6) is 0. The monoisotopic (exact) mass is 301 g/mol. The first-order valence-corrected chi connectivity index (χ1v) is 8.43. The van der Waals surface area contributed by atoms with E-state index in [1.54, 1.807) is 6.07 Å². The molecule has 0 fully saturated rings. The molecule has 0 amide bonds. The lowest BCUT2D eigenvalue weighted by Crippen LogP contribution is -2.27. The van der Waals surface area contributed by atoms with Gasteiger partial charge in [-0.1, -0.05) is 6.07 Å². The number of hydrogen-bond acceptors (Lipinski definition) is 3. The highest BCUT2D eigenvalue weighted by Gasteiger charge is 2.26. The number of nitrogens with zero attached hydrogens (tertiary/aromatic N) is 3. The molecule has 21 heavy (non-hydrogen) atoms. The van der Waals surface area contributed by atoms with Gasteiger partial charge < -0.3 is 4.57 Å². The van der Waals surface area contributed by atoms with E-state index in [2.05, 4.69) is 6.07 Å². The van der Waals surface area contributed by atoms with Crippen molar-refractivity contribution < 1.29 is 8.42 Å². The molecule has 108 valence electrons. The Bertz CT molecular complexity index is 860. The van der Waals surface area contributed by atoms with E-state index in [1.807, 2.05) is 35.9 Å². The molecule has 0 saturated heterocycles. The Morgan fingerprint density at radius 2 is 2.00 bits per heavy atom. The van der Waals surface area contributed by atoms with Gasteiger partial charge in [0.15, 0.2) is 0 Å². The van der Waals surface area contributed by atoms with Gasteiger partial charge in [0.2, 0.25) is 10.0 Å². The third kappa shape index (κ3) is 2.20. The van der Waals surface area contributed by atoms with E-state index in [4.69, 9.17) is 5.26 Å². The minimum atomic E-state index is -3.22. The number of sulfonamides is 1. The van der Waals surface area contributed by atoms with Crippen LogP contribution in [0.3, 0.4) is 0 Å². The van der Waals surface area contributed by atoms with Gasteiger partial charge in [0.1, 0.15) is 11.8 Å². The topological polar surface area (TPSA) is 66.1 Å². The molecule has 0 N–H and O–H groups in total. The lowest BCUT2D eigenvalue weighted by Gasteiger charge is -2.16. The fraction of sp³-hybridized carbons (Fsp3) is 0.267. The molecule has 5 nitrogen and oxygen atoms in total. The SMILES string of the molecule is Cn1c(C#N)ccc1-c1ccc2c(c1)CCN2S(C)(=O)=O. The average molecular weight is 301 g/mol. The number of benzene rings is 1. The molecular weight excluding hydrogens is 286 g/mol. The first kappa shape index (κ1) is 13.7. The second-order valence-corrected chi connectivity index (χ2v) is 7.11. The quantitative estimate of drug-likeness (QED) is 0.850. The molecule has 0 atom stereocenters. The molecule has 1 aromatic carbocycles. The van der Waals surface area contributed by atoms with Crippen molar-refractivity contribution in [2.45, 2.75) is 6.42 Å². The maximum Gasteiger partial charge on any atom is 0.232 e. The van der Waals surface area contributed by atoms with Crippen molar-refractivity contribution in [3.05, 3.63) is 41.6 Å². The molecule has 1 aromatic heterocycles. The van der Waals surface area contributed by atoms with Crippen LogP contribution in [0, 0.1) is 11.3 Å². The maximum absolute atomic E-state index is 11.7. The highest BCUT2D eigenvalue weighted by molar-refractivity contribution is 7.92. The smallest absolute Gasteiger partial charge is 0.232 e. The average Bonchev–Trinajstić information content (AvgIpc) is 3.00. The predicted molar refractivity (Wildman–Crippen MR) is 81.5 cm³/mol. The van der Waals surface area contributed by atoms with Gasteiger partial charge in [0.25, 0.3) is 0 Å². The molecule has 2 heterocycles. The van der Waals surface area contributed by atoms with E-state index < -0.39 is 10.0 Å². The number of hydrogen-bond donors (Lipinski definition) is 0. The number of nitriles is 1. The van der Waals surface area contributed by atoms with Crippen LogP contribution in [0.25, 0.3) is 11.3 Å². The van der Waals surface area contributed by atoms with E-state index in [1.165, 1.54) is 10.6 Å². The van der Waals surface area contributed by atoms with Gasteiger partial charge in [-0.2, -0.15) is 5.26 Å². The van der Waals surface area contributed by atoms with Gasteiger partial charge in [0.05, 0.1) is 11.9 Å². The van der Waals surface area contributed by atoms with Gasteiger partial charge in [-0.25, -0.2) is 8.42 Å². The summed E-state index contributed by atoms with van der Waals surface area (Å²) in [7, 11) is -1.37. The third-order valence-corrected chi connectivity index (χ3v) is 5.04.